The summed E-state index contributed by atoms with van der Waals surface area (Å²) in [5.74, 6) is 5.89. The maximum atomic E-state index is 7.45. The predicted octanol–water partition coefficient (Wildman–Crippen LogP) is 17.3. The van der Waals surface area contributed by atoms with Crippen LogP contribution in [-0.4, -0.2) is 85.8 Å². The number of ether oxygens (including phenoxy) is 1. The summed E-state index contributed by atoms with van der Waals surface area (Å²) in [4.78, 5) is 0. The first kappa shape index (κ1) is 70.3. The van der Waals surface area contributed by atoms with Crippen molar-refractivity contribution < 1.29 is 46.9 Å². The summed E-state index contributed by atoms with van der Waals surface area (Å²) in [6, 6.07) is 45.0. The van der Waals surface area contributed by atoms with Crippen LogP contribution in [-0.2, 0) is 42.1 Å². The molecule has 7 heteroatoms. The molecule has 5 aromatic rings. The number of fused-ring (bicyclic) bond motifs is 3. The zero-order valence-electron chi connectivity index (χ0n) is 44.1. The predicted molar refractivity (Wildman–Crippen MR) is 314 cm³/mol. The average Bonchev–Trinajstić information content (AvgIpc) is 3.69. The third-order valence-electron chi connectivity index (χ3n) is 11.7. The van der Waals surface area contributed by atoms with Gasteiger partial charge in [0, 0.05) is 42.1 Å². The van der Waals surface area contributed by atoms with E-state index in [0.29, 0.717) is 7.92 Å². The van der Waals surface area contributed by atoms with Crippen LogP contribution >= 0.6 is 31.7 Å². The van der Waals surface area contributed by atoms with Gasteiger partial charge in [-0.2, -0.15) is 0 Å². The normalized spacial score (nSPS) is 9.94. The van der Waals surface area contributed by atoms with Crippen molar-refractivity contribution in [3.05, 3.63) is 174 Å². The van der Waals surface area contributed by atoms with Gasteiger partial charge in [0.2, 0.25) is 0 Å². The van der Waals surface area contributed by atoms with E-state index in [2.05, 4.69) is 118 Å². The van der Waals surface area contributed by atoms with Gasteiger partial charge in [-0.1, -0.05) is 81.4 Å². The molecular weight excluding hydrogens is 1260 g/mol. The molecule has 0 amide bonds. The summed E-state index contributed by atoms with van der Waals surface area (Å²) in [5.41, 5.74) is 8.13. The molecular formula is C61H88OP4Pt2+4. The van der Waals surface area contributed by atoms with E-state index in [1.54, 1.807) is 7.11 Å². The van der Waals surface area contributed by atoms with Gasteiger partial charge in [-0.3, -0.25) is 0 Å². The van der Waals surface area contributed by atoms with E-state index in [-0.39, 0.29) is 65.9 Å². The molecule has 1 aliphatic carbocycles. The standard InChI is InChI=1S/C25H14O.4C6H15P.2C6H5.2Pt/c1-4-17-8-12-21-22-13-9-18(5-2)15-24(22)25(23(21)14-17)16-19-6-10-20(26-3)11-7-19;4*1-4-7(5-2)6-3;2*1-2-4-6-5-3-1;;/h6-16H,3H3;4*4-6H2,1-3H3;2*1-5H;;/p+4. The number of aliphatic hydroxyl groups is 1. The van der Waals surface area contributed by atoms with Gasteiger partial charge in [0.15, 0.2) is 0 Å². The van der Waals surface area contributed by atoms with Gasteiger partial charge < -0.3 is 0 Å². The van der Waals surface area contributed by atoms with Crippen molar-refractivity contribution in [3.63, 3.8) is 0 Å². The van der Waals surface area contributed by atoms with E-state index in [1.165, 1.54) is 73.9 Å². The second-order valence-corrected chi connectivity index (χ2v) is 29.5. The molecule has 0 fully saturated rings. The zero-order chi connectivity index (χ0) is 49.4. The summed E-state index contributed by atoms with van der Waals surface area (Å²) >= 11 is 0. The monoisotopic (exact) mass is 1350 g/mol. The molecule has 374 valence electrons. The molecule has 5 aromatic carbocycles. The van der Waals surface area contributed by atoms with E-state index in [4.69, 9.17) is 12.8 Å². The molecule has 0 bridgehead atoms. The number of benzene rings is 5. The van der Waals surface area contributed by atoms with Crippen LogP contribution in [0.4, 0.5) is 0 Å². The summed E-state index contributed by atoms with van der Waals surface area (Å²) in [5, 5.41) is 0. The molecule has 68 heavy (non-hydrogen) atoms. The molecule has 1 N–H and O–H groups in total. The molecule has 0 aromatic heterocycles. The van der Waals surface area contributed by atoms with Gasteiger partial charge in [0.25, 0.3) is 0 Å². The molecule has 0 saturated carbocycles. The van der Waals surface area contributed by atoms with Crippen LogP contribution in [0.15, 0.2) is 121 Å². The van der Waals surface area contributed by atoms with Crippen LogP contribution < -0.4 is 0 Å². The Morgan fingerprint density at radius 2 is 0.868 bits per heavy atom. The first-order valence-corrected chi connectivity index (χ1v) is 33.0. The summed E-state index contributed by atoms with van der Waals surface area (Å²) < 4.78 is 4.18. The van der Waals surface area contributed by atoms with E-state index in [9.17, 15) is 0 Å². The molecule has 6 rings (SSSR count). The van der Waals surface area contributed by atoms with Gasteiger partial charge in [0.1, 0.15) is 0 Å². The maximum absolute atomic E-state index is 7.45. The van der Waals surface area contributed by atoms with Gasteiger partial charge in [-0.25, -0.2) is 0 Å². The first-order valence-electron chi connectivity index (χ1n) is 24.7. The quantitative estimate of drug-likeness (QED) is 0.0446. The van der Waals surface area contributed by atoms with E-state index in [0.717, 1.165) is 50.3 Å². The van der Waals surface area contributed by atoms with Crippen LogP contribution in [0.25, 0.3) is 22.8 Å². The Balaban J connectivity index is -0.000000830. The third kappa shape index (κ3) is 30.1. The number of rotatable bonds is 14. The number of aromatic hydroxyl groups is 1. The van der Waals surface area contributed by atoms with Crippen LogP contribution in [0.2, 0.25) is 0 Å². The Kier molecular flexibility index (Phi) is 49.0. The summed E-state index contributed by atoms with van der Waals surface area (Å²) in [6.07, 6.45) is 34.4. The molecule has 1 nitrogen and oxygen atoms in total. The van der Waals surface area contributed by atoms with E-state index >= 15 is 0 Å². The van der Waals surface area contributed by atoms with Crippen molar-refractivity contribution in [1.82, 2.24) is 0 Å². The largest absolute Gasteiger partial charge is 0.0622 e. The van der Waals surface area contributed by atoms with Gasteiger partial charge in [-0.05, 0) is 117 Å². The summed E-state index contributed by atoms with van der Waals surface area (Å²) in [6.45, 7) is 27.6. The van der Waals surface area contributed by atoms with Crippen molar-refractivity contribution >= 4 is 43.3 Å². The smallest absolute Gasteiger partial charge is 0 e. The number of hydrogen-bond acceptors (Lipinski definition) is 0. The van der Waals surface area contributed by atoms with E-state index < -0.39 is 0 Å². The first-order chi connectivity index (χ1) is 32.1. The molecule has 0 saturated heterocycles. The Bertz CT molecular complexity index is 1790. The molecule has 2 radical (unpaired) electrons. The molecule has 0 unspecified atom stereocenters. The second-order valence-electron chi connectivity index (χ2n) is 15.4. The van der Waals surface area contributed by atoms with Gasteiger partial charge in [0.05, 0.1) is 55.5 Å². The van der Waals surface area contributed by atoms with Crippen LogP contribution in [0.5, 0.6) is 5.75 Å². The fraction of sp³-hybridized carbons (Fsp3) is 0.410. The third-order valence-corrected chi connectivity index (χ3v) is 23.4. The maximum Gasteiger partial charge on any atom is 0 e. The minimum Gasteiger partial charge on any atom is -0.0622 e. The Labute approximate surface area is 453 Å². The minimum atomic E-state index is 0. The zero-order valence-corrected chi connectivity index (χ0v) is 52.6. The minimum absolute atomic E-state index is 0. The summed E-state index contributed by atoms with van der Waals surface area (Å²) in [7, 11) is 2.64. The Hall–Kier alpha value is -1.92. The Morgan fingerprint density at radius 3 is 1.10 bits per heavy atom. The number of hydrogen-bond donors (Lipinski definition) is 0. The van der Waals surface area contributed by atoms with Crippen molar-refractivity contribution in [2.45, 2.75) is 83.1 Å². The van der Waals surface area contributed by atoms with Crippen molar-refractivity contribution in [2.75, 3.05) is 81.1 Å². The van der Waals surface area contributed by atoms with Crippen LogP contribution in [0, 0.1) is 36.8 Å². The van der Waals surface area contributed by atoms with E-state index in [1.807, 2.05) is 121 Å². The van der Waals surface area contributed by atoms with Crippen molar-refractivity contribution in [2.24, 2.45) is 0 Å². The molecule has 0 heterocycles. The van der Waals surface area contributed by atoms with Gasteiger partial charge in [-0.15, -0.1) is 7.92 Å². The molecule has 0 atom stereocenters. The van der Waals surface area contributed by atoms with Crippen LogP contribution in [0.3, 0.4) is 0 Å². The molecule has 0 aliphatic heterocycles. The average molecular weight is 1350 g/mol. The molecule has 1 aliphatic rings. The van der Waals surface area contributed by atoms with Crippen LogP contribution in [0.1, 0.15) is 111 Å². The Morgan fingerprint density at radius 1 is 0.515 bits per heavy atom. The molecule has 0 spiro atoms. The SMILES string of the molecule is CCP(CC)CC.CC[PH+](CC)CC.CC[PH+](CC)CC.CC[PH+](CC)CC.[C+]#Cc1ccc2c(c1)C(=Cc1ccc([OH+]C)cc1)c1cc(C#[C-])ccc1-2.[Pt].[Pt].[c]1ccccc1.[c]1ccccc1. The van der Waals surface area contributed by atoms with Gasteiger partial charge >= 0.3 is 154 Å². The fourth-order valence-electron chi connectivity index (χ4n) is 6.95. The fourth-order valence-corrected chi connectivity index (χ4v) is 12.8. The van der Waals surface area contributed by atoms with Crippen molar-refractivity contribution in [3.8, 4) is 28.7 Å². The second kappa shape index (κ2) is 47.4. The topological polar surface area (TPSA) is 12.8 Å². The van der Waals surface area contributed by atoms with Crippen molar-refractivity contribution in [1.29, 1.82) is 0 Å².